The van der Waals surface area contributed by atoms with Gasteiger partial charge in [-0.15, -0.1) is 0 Å². The Balaban J connectivity index is 2.05. The predicted molar refractivity (Wildman–Crippen MR) is 121 cm³/mol. The Labute approximate surface area is 191 Å². The summed E-state index contributed by atoms with van der Waals surface area (Å²) in [6.07, 6.45) is 1.40. The molecule has 0 radical (unpaired) electrons. The number of carbonyl (C=O) groups excluding carboxylic acids is 2. The van der Waals surface area contributed by atoms with E-state index in [0.29, 0.717) is 28.1 Å². The van der Waals surface area contributed by atoms with E-state index in [-0.39, 0.29) is 21.9 Å². The van der Waals surface area contributed by atoms with Gasteiger partial charge in [0.05, 0.1) is 25.0 Å². The van der Waals surface area contributed by atoms with Gasteiger partial charge >= 0.3 is 5.97 Å². The van der Waals surface area contributed by atoms with Gasteiger partial charge in [-0.25, -0.2) is 4.79 Å². The molecular weight excluding hydrogens is 488 g/mol. The molecule has 2 aromatic rings. The van der Waals surface area contributed by atoms with Gasteiger partial charge in [0.1, 0.15) is 5.57 Å². The number of hydrogen-bond acceptors (Lipinski definition) is 6. The van der Waals surface area contributed by atoms with Gasteiger partial charge in [-0.3, -0.25) is 19.8 Å². The van der Waals surface area contributed by atoms with Gasteiger partial charge in [0.15, 0.2) is 16.6 Å². The summed E-state index contributed by atoms with van der Waals surface area (Å²) in [7, 11) is 1.48. The molecule has 0 atom stereocenters. The summed E-state index contributed by atoms with van der Waals surface area (Å²) in [5.41, 5.74) is 0.533. The number of carboxylic acids is 1. The number of ether oxygens (including phenoxy) is 2. The number of hydrogen-bond donors (Lipinski definition) is 2. The maximum atomic E-state index is 13.2. The van der Waals surface area contributed by atoms with Crippen LogP contribution < -0.4 is 19.7 Å². The largest absolute Gasteiger partial charge is 0.493 e. The Morgan fingerprint density at radius 2 is 2.00 bits per heavy atom. The minimum atomic E-state index is -1.15. The lowest BCUT2D eigenvalue weighted by Crippen LogP contribution is -2.54. The van der Waals surface area contributed by atoms with Crippen LogP contribution in [-0.4, -0.2) is 41.7 Å². The van der Waals surface area contributed by atoms with Gasteiger partial charge in [-0.05, 0) is 61.1 Å². The van der Waals surface area contributed by atoms with E-state index >= 15 is 0 Å². The minimum Gasteiger partial charge on any atom is -0.493 e. The summed E-state index contributed by atoms with van der Waals surface area (Å²) >= 11 is 8.57. The highest BCUT2D eigenvalue weighted by molar-refractivity contribution is 9.10. The zero-order valence-electron chi connectivity index (χ0n) is 16.5. The Morgan fingerprint density at radius 1 is 1.26 bits per heavy atom. The van der Waals surface area contributed by atoms with Crippen LogP contribution in [-0.2, 0) is 9.59 Å². The summed E-state index contributed by atoms with van der Waals surface area (Å²) in [6, 6.07) is 9.02. The van der Waals surface area contributed by atoms with E-state index in [0.717, 1.165) is 4.90 Å². The third kappa shape index (κ3) is 4.59. The number of halogens is 1. The molecule has 31 heavy (non-hydrogen) atoms. The quantitative estimate of drug-likeness (QED) is 0.352. The zero-order chi connectivity index (χ0) is 22.7. The number of anilines is 1. The van der Waals surface area contributed by atoms with Crippen molar-refractivity contribution >= 4 is 62.8 Å². The van der Waals surface area contributed by atoms with E-state index in [4.69, 9.17) is 21.7 Å². The first-order valence-electron chi connectivity index (χ1n) is 9.02. The van der Waals surface area contributed by atoms with E-state index < -0.39 is 17.8 Å². The number of rotatable bonds is 6. The molecular formula is C21H17BrN2O6S. The number of carboxylic acid groups (broad SMARTS) is 1. The Bertz CT molecular complexity index is 1130. The number of thiocarbonyl (C=S) groups is 1. The monoisotopic (exact) mass is 504 g/mol. The van der Waals surface area contributed by atoms with Crippen molar-refractivity contribution in [3.63, 3.8) is 0 Å². The van der Waals surface area contributed by atoms with Crippen LogP contribution in [0.25, 0.3) is 6.08 Å². The molecule has 8 nitrogen and oxygen atoms in total. The van der Waals surface area contributed by atoms with Gasteiger partial charge in [0.25, 0.3) is 11.8 Å². The van der Waals surface area contributed by atoms with E-state index in [1.807, 2.05) is 6.92 Å². The van der Waals surface area contributed by atoms with Gasteiger partial charge < -0.3 is 14.6 Å². The number of nitrogens with zero attached hydrogens (tertiary/aromatic N) is 1. The highest BCUT2D eigenvalue weighted by Gasteiger charge is 2.35. The molecule has 1 fully saturated rings. The van der Waals surface area contributed by atoms with Crippen molar-refractivity contribution in [3.8, 4) is 11.5 Å². The second-order valence-electron chi connectivity index (χ2n) is 6.27. The predicted octanol–water partition coefficient (Wildman–Crippen LogP) is 3.39. The summed E-state index contributed by atoms with van der Waals surface area (Å²) in [6.45, 7) is 2.27. The van der Waals surface area contributed by atoms with Gasteiger partial charge in [0, 0.05) is 4.47 Å². The normalized spacial score (nSPS) is 15.1. The average Bonchev–Trinajstić information content (AvgIpc) is 2.72. The van der Waals surface area contributed by atoms with Crippen LogP contribution in [0, 0.1) is 0 Å². The Kier molecular flexibility index (Phi) is 6.71. The first kappa shape index (κ1) is 22.4. The second kappa shape index (κ2) is 9.27. The van der Waals surface area contributed by atoms with Crippen molar-refractivity contribution in [1.82, 2.24) is 5.32 Å². The van der Waals surface area contributed by atoms with Crippen molar-refractivity contribution < 1.29 is 29.0 Å². The van der Waals surface area contributed by atoms with Gasteiger partial charge in [-0.1, -0.05) is 22.0 Å². The van der Waals surface area contributed by atoms with Crippen molar-refractivity contribution in [3.05, 3.63) is 57.6 Å². The van der Waals surface area contributed by atoms with E-state index in [1.54, 1.807) is 12.1 Å². The molecule has 160 valence electrons. The lowest BCUT2D eigenvalue weighted by atomic mass is 10.1. The molecule has 0 spiro atoms. The van der Waals surface area contributed by atoms with Gasteiger partial charge in [0.2, 0.25) is 0 Å². The number of benzene rings is 2. The van der Waals surface area contributed by atoms with Crippen LogP contribution >= 0.6 is 28.1 Å². The molecule has 0 unspecified atom stereocenters. The molecule has 2 N–H and O–H groups in total. The van der Waals surface area contributed by atoms with Crippen molar-refractivity contribution in [2.24, 2.45) is 0 Å². The Hall–Kier alpha value is -3.24. The summed E-state index contributed by atoms with van der Waals surface area (Å²) in [4.78, 5) is 38.0. The molecule has 1 aliphatic rings. The van der Waals surface area contributed by atoms with Crippen LogP contribution in [0.3, 0.4) is 0 Å². The molecule has 0 saturated carbocycles. The standard InChI is InChI=1S/C21H17BrN2O6S/c1-3-30-17-10-15(22)12(9-16(17)29-2)8-14-18(25)23-21(31)24(19(14)26)13-6-4-5-11(7-13)20(27)28/h4-10H,3H2,1-2H3,(H,27,28)(H,23,25,31). The highest BCUT2D eigenvalue weighted by atomic mass is 79.9. The van der Waals surface area contributed by atoms with Gasteiger partial charge in [-0.2, -0.15) is 0 Å². The fourth-order valence-electron chi connectivity index (χ4n) is 2.91. The number of aromatic carboxylic acids is 1. The molecule has 2 amide bonds. The molecule has 0 aromatic heterocycles. The topological polar surface area (TPSA) is 105 Å². The van der Waals surface area contributed by atoms with Crippen LogP contribution in [0.2, 0.25) is 0 Å². The molecule has 1 saturated heterocycles. The lowest BCUT2D eigenvalue weighted by molar-refractivity contribution is -0.122. The van der Waals surface area contributed by atoms with E-state index in [9.17, 15) is 19.5 Å². The maximum Gasteiger partial charge on any atom is 0.335 e. The van der Waals surface area contributed by atoms with Crippen LogP contribution in [0.1, 0.15) is 22.8 Å². The van der Waals surface area contributed by atoms with Crippen molar-refractivity contribution in [2.75, 3.05) is 18.6 Å². The van der Waals surface area contributed by atoms with Crippen LogP contribution in [0.5, 0.6) is 11.5 Å². The third-order valence-corrected chi connectivity index (χ3v) is 5.31. The molecule has 1 heterocycles. The fraction of sp³-hybridized carbons (Fsp3) is 0.143. The summed E-state index contributed by atoms with van der Waals surface area (Å²) in [5, 5.41) is 11.6. The fourth-order valence-corrected chi connectivity index (χ4v) is 3.63. The number of methoxy groups -OCH3 is 1. The second-order valence-corrected chi connectivity index (χ2v) is 7.51. The van der Waals surface area contributed by atoms with Crippen molar-refractivity contribution in [1.29, 1.82) is 0 Å². The molecule has 0 bridgehead atoms. The van der Waals surface area contributed by atoms with Crippen LogP contribution in [0.15, 0.2) is 46.4 Å². The van der Waals surface area contributed by atoms with Crippen molar-refractivity contribution in [2.45, 2.75) is 6.92 Å². The molecule has 2 aromatic carbocycles. The Morgan fingerprint density at radius 3 is 2.65 bits per heavy atom. The minimum absolute atomic E-state index is 0.0190. The maximum absolute atomic E-state index is 13.2. The molecule has 3 rings (SSSR count). The number of carbonyl (C=O) groups is 3. The van der Waals surface area contributed by atoms with E-state index in [2.05, 4.69) is 21.2 Å². The SMILES string of the molecule is CCOc1cc(Br)c(C=C2C(=O)NC(=S)N(c3cccc(C(=O)O)c3)C2=O)cc1OC. The number of nitrogens with one attached hydrogen (secondary N) is 1. The first-order valence-corrected chi connectivity index (χ1v) is 10.2. The zero-order valence-corrected chi connectivity index (χ0v) is 18.9. The number of amides is 2. The molecule has 10 heteroatoms. The third-order valence-electron chi connectivity index (χ3n) is 4.34. The first-order chi connectivity index (χ1) is 14.8. The average molecular weight is 505 g/mol. The molecule has 1 aliphatic heterocycles. The summed E-state index contributed by atoms with van der Waals surface area (Å²) in [5.74, 6) is -1.56. The van der Waals surface area contributed by atoms with Crippen LogP contribution in [0.4, 0.5) is 5.69 Å². The smallest absolute Gasteiger partial charge is 0.335 e. The van der Waals surface area contributed by atoms with E-state index in [1.165, 1.54) is 37.5 Å². The summed E-state index contributed by atoms with van der Waals surface area (Å²) < 4.78 is 11.4. The lowest BCUT2D eigenvalue weighted by Gasteiger charge is -2.29. The molecule has 0 aliphatic carbocycles. The highest BCUT2D eigenvalue weighted by Crippen LogP contribution is 2.35.